The van der Waals surface area contributed by atoms with E-state index in [4.69, 9.17) is 4.74 Å². The van der Waals surface area contributed by atoms with Crippen molar-refractivity contribution in [1.29, 1.82) is 0 Å². The first-order valence-electron chi connectivity index (χ1n) is 9.75. The first kappa shape index (κ1) is 22.7. The minimum Gasteiger partial charge on any atom is -0.444 e. The molecule has 27 heavy (non-hydrogen) atoms. The van der Waals surface area contributed by atoms with Gasteiger partial charge in [0.25, 0.3) is 0 Å². The number of rotatable bonds is 9. The van der Waals surface area contributed by atoms with Crippen molar-refractivity contribution in [2.75, 3.05) is 13.1 Å². The summed E-state index contributed by atoms with van der Waals surface area (Å²) < 4.78 is 5.32. The third-order valence-electron chi connectivity index (χ3n) is 3.61. The Labute approximate surface area is 163 Å². The van der Waals surface area contributed by atoms with Gasteiger partial charge < -0.3 is 20.7 Å². The molecule has 0 aliphatic heterocycles. The Kier molecular flexibility index (Phi) is 10.2. The third-order valence-corrected chi connectivity index (χ3v) is 3.61. The van der Waals surface area contributed by atoms with Gasteiger partial charge in [-0.05, 0) is 46.2 Å². The fraction of sp³-hybridized carbons (Fsp3) is 0.650. The molecule has 1 heterocycles. The highest BCUT2D eigenvalue weighted by molar-refractivity contribution is 5.80. The average Bonchev–Trinajstić information content (AvgIpc) is 2.61. The molecule has 0 aliphatic carbocycles. The van der Waals surface area contributed by atoms with E-state index in [-0.39, 0.29) is 6.04 Å². The third kappa shape index (κ3) is 11.1. The van der Waals surface area contributed by atoms with Crippen LogP contribution in [0.15, 0.2) is 29.4 Å². The summed E-state index contributed by atoms with van der Waals surface area (Å²) in [6.07, 6.45) is 4.45. The Morgan fingerprint density at radius 1 is 1.26 bits per heavy atom. The van der Waals surface area contributed by atoms with Gasteiger partial charge in [0.15, 0.2) is 5.96 Å². The van der Waals surface area contributed by atoms with E-state index in [9.17, 15) is 4.79 Å². The second kappa shape index (κ2) is 12.1. The standard InChI is InChI=1S/C20H35N5O2/c1-6-8-11-17(15-24-19(26)27-20(3,4)5)25-18(21-7-2)23-14-16-12-9-10-13-22-16/h9-10,12-13,17H,6-8,11,14-15H2,1-5H3,(H,24,26)(H2,21,23,25). The molecule has 3 N–H and O–H groups in total. The summed E-state index contributed by atoms with van der Waals surface area (Å²) in [4.78, 5) is 20.8. The van der Waals surface area contributed by atoms with Gasteiger partial charge in [0, 0.05) is 25.3 Å². The van der Waals surface area contributed by atoms with Gasteiger partial charge in [-0.3, -0.25) is 4.98 Å². The summed E-state index contributed by atoms with van der Waals surface area (Å²) in [5.74, 6) is 0.718. The van der Waals surface area contributed by atoms with Gasteiger partial charge in [0.1, 0.15) is 5.60 Å². The Bertz CT molecular complexity index is 569. The molecule has 0 radical (unpaired) electrons. The molecule has 1 unspecified atom stereocenters. The lowest BCUT2D eigenvalue weighted by molar-refractivity contribution is 0.0523. The van der Waals surface area contributed by atoms with Crippen molar-refractivity contribution in [2.45, 2.75) is 72.1 Å². The number of ether oxygens (including phenoxy) is 1. The van der Waals surface area contributed by atoms with Crippen molar-refractivity contribution in [3.05, 3.63) is 30.1 Å². The number of carbonyl (C=O) groups is 1. The normalized spacial score (nSPS) is 13.0. The number of aromatic nitrogens is 1. The van der Waals surface area contributed by atoms with E-state index in [0.717, 1.165) is 37.5 Å². The number of hydrogen-bond acceptors (Lipinski definition) is 4. The summed E-state index contributed by atoms with van der Waals surface area (Å²) >= 11 is 0. The molecule has 0 fully saturated rings. The molecule has 7 heteroatoms. The molecule has 0 aromatic carbocycles. The number of amides is 1. The topological polar surface area (TPSA) is 87.6 Å². The van der Waals surface area contributed by atoms with Crippen LogP contribution in [0.5, 0.6) is 0 Å². The number of carbonyl (C=O) groups excluding carboxylic acids is 1. The summed E-state index contributed by atoms with van der Waals surface area (Å²) in [6.45, 7) is 11.5. The monoisotopic (exact) mass is 377 g/mol. The van der Waals surface area contributed by atoms with Crippen LogP contribution in [0, 0.1) is 0 Å². The fourth-order valence-corrected chi connectivity index (χ4v) is 2.36. The van der Waals surface area contributed by atoms with Gasteiger partial charge in [0.05, 0.1) is 12.2 Å². The second-order valence-electron chi connectivity index (χ2n) is 7.38. The van der Waals surface area contributed by atoms with Crippen molar-refractivity contribution in [2.24, 2.45) is 4.99 Å². The van der Waals surface area contributed by atoms with E-state index in [1.54, 1.807) is 6.20 Å². The Balaban J connectivity index is 2.67. The largest absolute Gasteiger partial charge is 0.444 e. The van der Waals surface area contributed by atoms with E-state index in [0.29, 0.717) is 13.1 Å². The van der Waals surface area contributed by atoms with Crippen molar-refractivity contribution in [1.82, 2.24) is 20.9 Å². The van der Waals surface area contributed by atoms with Crippen LogP contribution in [0.3, 0.4) is 0 Å². The molecular formula is C20H35N5O2. The van der Waals surface area contributed by atoms with Crippen molar-refractivity contribution >= 4 is 12.1 Å². The van der Waals surface area contributed by atoms with Gasteiger partial charge in [0.2, 0.25) is 0 Å². The molecule has 1 amide bonds. The van der Waals surface area contributed by atoms with Gasteiger partial charge in [-0.25, -0.2) is 9.79 Å². The van der Waals surface area contributed by atoms with E-state index < -0.39 is 11.7 Å². The first-order valence-corrected chi connectivity index (χ1v) is 9.75. The van der Waals surface area contributed by atoms with Gasteiger partial charge in [-0.2, -0.15) is 0 Å². The minimum absolute atomic E-state index is 0.0685. The Morgan fingerprint density at radius 3 is 2.63 bits per heavy atom. The van der Waals surface area contributed by atoms with Crippen LogP contribution in [0.1, 0.15) is 59.6 Å². The van der Waals surface area contributed by atoms with Gasteiger partial charge in [-0.15, -0.1) is 0 Å². The van der Waals surface area contributed by atoms with E-state index in [1.807, 2.05) is 45.9 Å². The zero-order chi connectivity index (χ0) is 20.1. The van der Waals surface area contributed by atoms with E-state index >= 15 is 0 Å². The molecule has 1 rings (SSSR count). The smallest absolute Gasteiger partial charge is 0.407 e. The summed E-state index contributed by atoms with van der Waals surface area (Å²) in [7, 11) is 0. The summed E-state index contributed by atoms with van der Waals surface area (Å²) in [6, 6.07) is 5.86. The predicted molar refractivity (Wildman–Crippen MR) is 110 cm³/mol. The number of nitrogens with zero attached hydrogens (tertiary/aromatic N) is 2. The van der Waals surface area contributed by atoms with Crippen LogP contribution >= 0.6 is 0 Å². The maximum Gasteiger partial charge on any atom is 0.407 e. The molecule has 1 atom stereocenters. The molecule has 1 aromatic heterocycles. The lowest BCUT2D eigenvalue weighted by atomic mass is 10.1. The summed E-state index contributed by atoms with van der Waals surface area (Å²) in [5, 5.41) is 9.52. The maximum atomic E-state index is 11.9. The van der Waals surface area contributed by atoms with Crippen LogP contribution < -0.4 is 16.0 Å². The predicted octanol–water partition coefficient (Wildman–Crippen LogP) is 3.22. The molecule has 0 saturated carbocycles. The zero-order valence-corrected chi connectivity index (χ0v) is 17.3. The minimum atomic E-state index is -0.504. The fourth-order valence-electron chi connectivity index (χ4n) is 2.36. The number of nitrogens with one attached hydrogen (secondary N) is 3. The molecule has 1 aromatic rings. The van der Waals surface area contributed by atoms with Gasteiger partial charge in [-0.1, -0.05) is 25.8 Å². The number of pyridine rings is 1. The lowest BCUT2D eigenvalue weighted by Crippen LogP contribution is -2.49. The van der Waals surface area contributed by atoms with Gasteiger partial charge >= 0.3 is 6.09 Å². The quantitative estimate of drug-likeness (QED) is 0.454. The zero-order valence-electron chi connectivity index (χ0n) is 17.3. The van der Waals surface area contributed by atoms with Crippen LogP contribution in [0.2, 0.25) is 0 Å². The highest BCUT2D eigenvalue weighted by Crippen LogP contribution is 2.07. The lowest BCUT2D eigenvalue weighted by Gasteiger charge is -2.24. The van der Waals surface area contributed by atoms with Crippen LogP contribution in [0.4, 0.5) is 4.79 Å². The highest BCUT2D eigenvalue weighted by atomic mass is 16.6. The Morgan fingerprint density at radius 2 is 2.04 bits per heavy atom. The second-order valence-corrected chi connectivity index (χ2v) is 7.38. The van der Waals surface area contributed by atoms with Crippen LogP contribution in [-0.2, 0) is 11.3 Å². The highest BCUT2D eigenvalue weighted by Gasteiger charge is 2.18. The molecule has 7 nitrogen and oxygen atoms in total. The van der Waals surface area contributed by atoms with Crippen LogP contribution in [-0.4, -0.2) is 41.8 Å². The average molecular weight is 378 g/mol. The molecular weight excluding hydrogens is 342 g/mol. The van der Waals surface area contributed by atoms with E-state index in [2.05, 4.69) is 32.9 Å². The molecule has 0 aliphatic rings. The van der Waals surface area contributed by atoms with E-state index in [1.165, 1.54) is 0 Å². The maximum absolute atomic E-state index is 11.9. The number of guanidine groups is 1. The number of hydrogen-bond donors (Lipinski definition) is 3. The SMILES string of the molecule is CCCCC(CNC(=O)OC(C)(C)C)NC(=NCc1ccccn1)NCC. The molecule has 0 saturated heterocycles. The first-order chi connectivity index (χ1) is 12.8. The molecule has 0 spiro atoms. The van der Waals surface area contributed by atoms with Crippen molar-refractivity contribution < 1.29 is 9.53 Å². The molecule has 152 valence electrons. The van der Waals surface area contributed by atoms with Crippen molar-refractivity contribution in [3.63, 3.8) is 0 Å². The summed E-state index contributed by atoms with van der Waals surface area (Å²) in [5.41, 5.74) is 0.405. The van der Waals surface area contributed by atoms with Crippen molar-refractivity contribution in [3.8, 4) is 0 Å². The number of aliphatic imine (C=N–C) groups is 1. The van der Waals surface area contributed by atoms with Crippen LogP contribution in [0.25, 0.3) is 0 Å². The number of unbranched alkanes of at least 4 members (excludes halogenated alkanes) is 1. The number of alkyl carbamates (subject to hydrolysis) is 1. The molecule has 0 bridgehead atoms. The Hall–Kier alpha value is -2.31.